The van der Waals surface area contributed by atoms with E-state index < -0.39 is 10.8 Å². The lowest BCUT2D eigenvalue weighted by Crippen LogP contribution is -2.15. The van der Waals surface area contributed by atoms with Gasteiger partial charge in [0.15, 0.2) is 5.58 Å². The molecule has 92 valence electrons. The standard InChI is InChI=1S/C11H14N2O3S/c1-7(15-2)6-17(14)11-13-9-5-8(12)3-4-10(9)16-11/h3-5,7H,6,12H2,1-2H3. The number of benzene rings is 1. The lowest BCUT2D eigenvalue weighted by atomic mass is 10.3. The van der Waals surface area contributed by atoms with E-state index in [1.807, 2.05) is 6.92 Å². The summed E-state index contributed by atoms with van der Waals surface area (Å²) in [7, 11) is 0.282. The Kier molecular flexibility index (Phi) is 3.44. The molecule has 2 unspecified atom stereocenters. The number of nitrogens with zero attached hydrogens (tertiary/aromatic N) is 1. The number of fused-ring (bicyclic) bond motifs is 1. The number of ether oxygens (including phenoxy) is 1. The average molecular weight is 254 g/mol. The van der Waals surface area contributed by atoms with Crippen molar-refractivity contribution in [3.05, 3.63) is 18.2 Å². The summed E-state index contributed by atoms with van der Waals surface area (Å²) in [5.74, 6) is 0.360. The van der Waals surface area contributed by atoms with Crippen LogP contribution in [0.25, 0.3) is 11.1 Å². The van der Waals surface area contributed by atoms with E-state index in [9.17, 15) is 4.21 Å². The Bertz CT molecular complexity index is 553. The van der Waals surface area contributed by atoms with E-state index in [4.69, 9.17) is 14.9 Å². The highest BCUT2D eigenvalue weighted by atomic mass is 32.2. The quantitative estimate of drug-likeness (QED) is 0.837. The second kappa shape index (κ2) is 4.85. The van der Waals surface area contributed by atoms with Crippen LogP contribution in [0.2, 0.25) is 0 Å². The molecule has 0 fully saturated rings. The summed E-state index contributed by atoms with van der Waals surface area (Å²) in [6.07, 6.45) is -0.101. The number of hydrogen-bond donors (Lipinski definition) is 1. The molecule has 1 heterocycles. The van der Waals surface area contributed by atoms with Gasteiger partial charge in [-0.2, -0.15) is 0 Å². The summed E-state index contributed by atoms with van der Waals surface area (Å²) >= 11 is 0. The van der Waals surface area contributed by atoms with Gasteiger partial charge in [-0.25, -0.2) is 9.19 Å². The number of hydrogen-bond acceptors (Lipinski definition) is 5. The largest absolute Gasteiger partial charge is 0.430 e. The number of oxazole rings is 1. The van der Waals surface area contributed by atoms with Gasteiger partial charge in [-0.1, -0.05) is 0 Å². The number of rotatable bonds is 4. The molecule has 5 nitrogen and oxygen atoms in total. The van der Waals surface area contributed by atoms with Gasteiger partial charge in [-0.05, 0) is 25.1 Å². The lowest BCUT2D eigenvalue weighted by Gasteiger charge is -2.05. The predicted octanol–water partition coefficient (Wildman–Crippen LogP) is 1.55. The molecule has 0 radical (unpaired) electrons. The van der Waals surface area contributed by atoms with Crippen LogP contribution < -0.4 is 5.73 Å². The molecule has 1 aromatic heterocycles. The first-order chi connectivity index (χ1) is 8.10. The summed E-state index contributed by atoms with van der Waals surface area (Å²) in [4.78, 5) is 4.16. The number of nitrogens with two attached hydrogens (primary N) is 1. The van der Waals surface area contributed by atoms with Crippen molar-refractivity contribution < 1.29 is 13.4 Å². The number of aromatic nitrogens is 1. The Morgan fingerprint density at radius 3 is 3.06 bits per heavy atom. The molecule has 0 aliphatic carbocycles. The van der Waals surface area contributed by atoms with Crippen LogP contribution in [0.4, 0.5) is 5.69 Å². The smallest absolute Gasteiger partial charge is 0.288 e. The molecule has 6 heteroatoms. The molecule has 0 saturated carbocycles. The van der Waals surface area contributed by atoms with Crippen LogP contribution >= 0.6 is 0 Å². The van der Waals surface area contributed by atoms with Crippen LogP contribution in [-0.2, 0) is 15.5 Å². The maximum absolute atomic E-state index is 11.9. The van der Waals surface area contributed by atoms with Crippen molar-refractivity contribution in [2.24, 2.45) is 0 Å². The molecule has 0 spiro atoms. The highest BCUT2D eigenvalue weighted by molar-refractivity contribution is 7.84. The summed E-state index contributed by atoms with van der Waals surface area (Å²) in [6.45, 7) is 1.85. The van der Waals surface area contributed by atoms with Crippen LogP contribution in [0.5, 0.6) is 0 Å². The fraction of sp³-hybridized carbons (Fsp3) is 0.364. The number of methoxy groups -OCH3 is 1. The van der Waals surface area contributed by atoms with Gasteiger partial charge in [-0.3, -0.25) is 0 Å². The van der Waals surface area contributed by atoms with E-state index in [0.717, 1.165) is 0 Å². The van der Waals surface area contributed by atoms with Gasteiger partial charge in [0, 0.05) is 12.8 Å². The average Bonchev–Trinajstić information content (AvgIpc) is 2.71. The third-order valence-corrected chi connectivity index (χ3v) is 3.71. The van der Waals surface area contributed by atoms with Crippen molar-refractivity contribution in [1.29, 1.82) is 0 Å². The zero-order valence-electron chi connectivity index (χ0n) is 9.67. The Labute approximate surface area is 101 Å². The SMILES string of the molecule is COC(C)CS(=O)c1nc2cc(N)ccc2o1. The minimum absolute atomic E-state index is 0.101. The topological polar surface area (TPSA) is 78.3 Å². The maximum Gasteiger partial charge on any atom is 0.288 e. The molecule has 0 saturated heterocycles. The molecule has 2 atom stereocenters. The molecule has 0 bridgehead atoms. The molecule has 0 aliphatic rings. The maximum atomic E-state index is 11.9. The Morgan fingerprint density at radius 1 is 1.59 bits per heavy atom. The zero-order valence-corrected chi connectivity index (χ0v) is 10.5. The molecule has 2 rings (SSSR count). The van der Waals surface area contributed by atoms with Crippen molar-refractivity contribution in [3.8, 4) is 0 Å². The lowest BCUT2D eigenvalue weighted by molar-refractivity contribution is 0.137. The van der Waals surface area contributed by atoms with Crippen molar-refractivity contribution in [3.63, 3.8) is 0 Å². The van der Waals surface area contributed by atoms with E-state index in [1.54, 1.807) is 25.3 Å². The monoisotopic (exact) mass is 254 g/mol. The van der Waals surface area contributed by atoms with Crippen LogP contribution in [-0.4, -0.2) is 28.2 Å². The number of nitrogen functional groups attached to an aromatic ring is 1. The Morgan fingerprint density at radius 2 is 2.35 bits per heavy atom. The molecule has 17 heavy (non-hydrogen) atoms. The molecule has 0 amide bonds. The fourth-order valence-corrected chi connectivity index (χ4v) is 2.46. The first-order valence-electron chi connectivity index (χ1n) is 5.17. The van der Waals surface area contributed by atoms with Gasteiger partial charge in [0.1, 0.15) is 16.3 Å². The molecular formula is C11H14N2O3S. The molecule has 2 N–H and O–H groups in total. The second-order valence-electron chi connectivity index (χ2n) is 3.77. The van der Waals surface area contributed by atoms with E-state index in [2.05, 4.69) is 4.98 Å². The number of anilines is 1. The van der Waals surface area contributed by atoms with Gasteiger partial charge in [0.05, 0.1) is 11.9 Å². The summed E-state index contributed by atoms with van der Waals surface area (Å²) in [5, 5.41) is 0.217. The summed E-state index contributed by atoms with van der Waals surface area (Å²) < 4.78 is 22.4. The highest BCUT2D eigenvalue weighted by Crippen LogP contribution is 2.20. The van der Waals surface area contributed by atoms with E-state index in [1.165, 1.54) is 0 Å². The van der Waals surface area contributed by atoms with Crippen molar-refractivity contribution in [2.75, 3.05) is 18.6 Å². The van der Waals surface area contributed by atoms with Crippen molar-refractivity contribution in [1.82, 2.24) is 4.98 Å². The van der Waals surface area contributed by atoms with E-state index in [-0.39, 0.29) is 11.3 Å². The Balaban J connectivity index is 2.27. The third-order valence-electron chi connectivity index (χ3n) is 2.38. The molecule has 2 aromatic rings. The fourth-order valence-electron chi connectivity index (χ4n) is 1.37. The van der Waals surface area contributed by atoms with Crippen molar-refractivity contribution in [2.45, 2.75) is 18.3 Å². The van der Waals surface area contributed by atoms with Gasteiger partial charge < -0.3 is 14.9 Å². The zero-order chi connectivity index (χ0) is 12.4. The predicted molar refractivity (Wildman–Crippen MR) is 66.2 cm³/mol. The summed E-state index contributed by atoms with van der Waals surface area (Å²) in [6, 6.07) is 5.13. The van der Waals surface area contributed by atoms with Crippen LogP contribution in [0, 0.1) is 0 Å². The van der Waals surface area contributed by atoms with Crippen molar-refractivity contribution >= 4 is 27.6 Å². The molecule has 0 aliphatic heterocycles. The summed E-state index contributed by atoms with van der Waals surface area (Å²) in [5.41, 5.74) is 7.45. The first-order valence-corrected chi connectivity index (χ1v) is 6.49. The van der Waals surface area contributed by atoms with E-state index in [0.29, 0.717) is 22.5 Å². The van der Waals surface area contributed by atoms with Gasteiger partial charge >= 0.3 is 0 Å². The minimum atomic E-state index is -1.30. The van der Waals surface area contributed by atoms with Crippen LogP contribution in [0.15, 0.2) is 27.8 Å². The normalized spacial score (nSPS) is 14.9. The van der Waals surface area contributed by atoms with Gasteiger partial charge in [0.25, 0.3) is 5.22 Å². The van der Waals surface area contributed by atoms with Gasteiger partial charge in [-0.15, -0.1) is 0 Å². The van der Waals surface area contributed by atoms with Gasteiger partial charge in [0.2, 0.25) is 0 Å². The molecular weight excluding hydrogens is 240 g/mol. The highest BCUT2D eigenvalue weighted by Gasteiger charge is 2.15. The third kappa shape index (κ3) is 2.65. The van der Waals surface area contributed by atoms with E-state index >= 15 is 0 Å². The van der Waals surface area contributed by atoms with Crippen LogP contribution in [0.3, 0.4) is 0 Å². The molecule has 1 aromatic carbocycles. The second-order valence-corrected chi connectivity index (χ2v) is 5.14. The van der Waals surface area contributed by atoms with Crippen LogP contribution in [0.1, 0.15) is 6.92 Å². The Hall–Kier alpha value is -1.40. The minimum Gasteiger partial charge on any atom is -0.430 e. The first kappa shape index (κ1) is 12.1.